The summed E-state index contributed by atoms with van der Waals surface area (Å²) in [7, 11) is 1.82. The Hall–Kier alpha value is -1.88. The van der Waals surface area contributed by atoms with Gasteiger partial charge in [-0.1, -0.05) is 31.2 Å². The van der Waals surface area contributed by atoms with E-state index in [0.29, 0.717) is 12.6 Å². The highest BCUT2D eigenvalue weighted by Crippen LogP contribution is 2.11. The average molecular weight is 260 g/mol. The highest BCUT2D eigenvalue weighted by atomic mass is 16.5. The smallest absolute Gasteiger partial charge is 0.335 e. The maximum Gasteiger partial charge on any atom is 0.335 e. The average Bonchev–Trinajstić information content (AvgIpc) is 2.84. The molecule has 0 unspecified atom stereocenters. The topological polar surface area (TPSA) is 52.0 Å². The molecule has 0 aliphatic heterocycles. The van der Waals surface area contributed by atoms with Gasteiger partial charge in [0.2, 0.25) is 0 Å². The zero-order chi connectivity index (χ0) is 13.5. The highest BCUT2D eigenvalue weighted by molar-refractivity contribution is 5.26. The molecule has 1 heterocycles. The quantitative estimate of drug-likeness (QED) is 0.772. The van der Waals surface area contributed by atoms with Gasteiger partial charge in [0.1, 0.15) is 12.9 Å². The van der Waals surface area contributed by atoms with Crippen molar-refractivity contribution in [2.75, 3.05) is 6.54 Å². The van der Waals surface area contributed by atoms with Gasteiger partial charge in [0, 0.05) is 13.6 Å². The highest BCUT2D eigenvalue weighted by Gasteiger charge is 2.04. The first kappa shape index (κ1) is 13.5. The van der Waals surface area contributed by atoms with E-state index in [1.54, 1.807) is 11.0 Å². The van der Waals surface area contributed by atoms with Crippen LogP contribution in [-0.4, -0.2) is 21.3 Å². The van der Waals surface area contributed by atoms with Crippen molar-refractivity contribution in [1.29, 1.82) is 0 Å². The fourth-order valence-corrected chi connectivity index (χ4v) is 1.80. The Morgan fingerprint density at radius 2 is 2.05 bits per heavy atom. The van der Waals surface area contributed by atoms with Crippen LogP contribution in [0, 0.1) is 0 Å². The zero-order valence-electron chi connectivity index (χ0n) is 11.5. The minimum Gasteiger partial charge on any atom is -0.458 e. The summed E-state index contributed by atoms with van der Waals surface area (Å²) in [5, 5.41) is 7.50. The van der Waals surface area contributed by atoms with Gasteiger partial charge in [-0.2, -0.15) is 4.98 Å². The zero-order valence-corrected chi connectivity index (χ0v) is 11.5. The third-order valence-corrected chi connectivity index (χ3v) is 2.80. The molecule has 0 aliphatic carbocycles. The molecule has 0 amide bonds. The monoisotopic (exact) mass is 260 g/mol. The Morgan fingerprint density at radius 3 is 2.74 bits per heavy atom. The summed E-state index contributed by atoms with van der Waals surface area (Å²) in [5.41, 5.74) is 2.42. The van der Waals surface area contributed by atoms with E-state index in [-0.39, 0.29) is 0 Å². The molecule has 5 nitrogen and oxygen atoms in total. The van der Waals surface area contributed by atoms with Gasteiger partial charge in [-0.05, 0) is 24.1 Å². The summed E-state index contributed by atoms with van der Waals surface area (Å²) >= 11 is 0. The molecule has 0 bridgehead atoms. The van der Waals surface area contributed by atoms with Crippen LogP contribution in [-0.2, 0) is 20.2 Å². The molecule has 0 saturated heterocycles. The number of hydrogen-bond donors (Lipinski definition) is 1. The third kappa shape index (κ3) is 4.06. The largest absolute Gasteiger partial charge is 0.458 e. The molecular formula is C14H20N4O. The standard InChI is InChI=1S/C14H20N4O/c1-3-8-15-9-12-6-4-5-7-13(12)10-19-14-16-11-18(2)17-14/h4-7,11,15H,3,8-10H2,1-2H3. The molecule has 0 radical (unpaired) electrons. The van der Waals surface area contributed by atoms with E-state index >= 15 is 0 Å². The van der Waals surface area contributed by atoms with Gasteiger partial charge in [0.25, 0.3) is 0 Å². The Bertz CT molecular complexity index is 510. The van der Waals surface area contributed by atoms with E-state index in [0.717, 1.165) is 19.5 Å². The van der Waals surface area contributed by atoms with Crippen LogP contribution in [0.25, 0.3) is 0 Å². The van der Waals surface area contributed by atoms with Crippen molar-refractivity contribution in [3.05, 3.63) is 41.7 Å². The van der Waals surface area contributed by atoms with Crippen molar-refractivity contribution in [2.45, 2.75) is 26.5 Å². The lowest BCUT2D eigenvalue weighted by Gasteiger charge is -2.10. The van der Waals surface area contributed by atoms with Gasteiger partial charge in [-0.15, -0.1) is 5.10 Å². The predicted molar refractivity (Wildman–Crippen MR) is 73.8 cm³/mol. The molecular weight excluding hydrogens is 240 g/mol. The summed E-state index contributed by atoms with van der Waals surface area (Å²) in [4.78, 5) is 4.05. The number of rotatable bonds is 7. The number of aromatic nitrogens is 3. The molecule has 2 rings (SSSR count). The molecule has 0 atom stereocenters. The van der Waals surface area contributed by atoms with Gasteiger partial charge >= 0.3 is 6.01 Å². The number of nitrogens with zero attached hydrogens (tertiary/aromatic N) is 3. The molecule has 2 aromatic rings. The number of hydrogen-bond acceptors (Lipinski definition) is 4. The SMILES string of the molecule is CCCNCc1ccccc1COc1ncn(C)n1. The van der Waals surface area contributed by atoms with Crippen LogP contribution < -0.4 is 10.1 Å². The van der Waals surface area contributed by atoms with Crippen LogP contribution in [0.2, 0.25) is 0 Å². The van der Waals surface area contributed by atoms with Crippen LogP contribution in [0.4, 0.5) is 0 Å². The van der Waals surface area contributed by atoms with Gasteiger partial charge in [-0.3, -0.25) is 4.68 Å². The fraction of sp³-hybridized carbons (Fsp3) is 0.429. The summed E-state index contributed by atoms with van der Waals surface area (Å²) in [6, 6.07) is 8.68. The summed E-state index contributed by atoms with van der Waals surface area (Å²) in [6.07, 6.45) is 2.76. The third-order valence-electron chi connectivity index (χ3n) is 2.80. The van der Waals surface area contributed by atoms with E-state index in [9.17, 15) is 0 Å². The molecule has 19 heavy (non-hydrogen) atoms. The van der Waals surface area contributed by atoms with Crippen molar-refractivity contribution >= 4 is 0 Å². The van der Waals surface area contributed by atoms with Crippen molar-refractivity contribution in [3.63, 3.8) is 0 Å². The Morgan fingerprint density at radius 1 is 1.26 bits per heavy atom. The summed E-state index contributed by atoms with van der Waals surface area (Å²) in [5.74, 6) is 0. The molecule has 5 heteroatoms. The van der Waals surface area contributed by atoms with Crippen LogP contribution in [0.3, 0.4) is 0 Å². The number of nitrogens with one attached hydrogen (secondary N) is 1. The predicted octanol–water partition coefficient (Wildman–Crippen LogP) is 1.89. The second-order valence-corrected chi connectivity index (χ2v) is 4.43. The lowest BCUT2D eigenvalue weighted by atomic mass is 10.1. The molecule has 1 N–H and O–H groups in total. The first-order valence-electron chi connectivity index (χ1n) is 6.55. The number of benzene rings is 1. The van der Waals surface area contributed by atoms with Gasteiger partial charge in [0.15, 0.2) is 0 Å². The second-order valence-electron chi connectivity index (χ2n) is 4.43. The Labute approximate surface area is 113 Å². The van der Waals surface area contributed by atoms with Gasteiger partial charge in [-0.25, -0.2) is 0 Å². The van der Waals surface area contributed by atoms with Gasteiger partial charge in [0.05, 0.1) is 0 Å². The molecule has 1 aromatic heterocycles. The Balaban J connectivity index is 1.95. The number of ether oxygens (including phenoxy) is 1. The van der Waals surface area contributed by atoms with E-state index in [4.69, 9.17) is 4.74 Å². The fourth-order valence-electron chi connectivity index (χ4n) is 1.80. The number of aryl methyl sites for hydroxylation is 1. The summed E-state index contributed by atoms with van der Waals surface area (Å²) < 4.78 is 7.22. The van der Waals surface area contributed by atoms with Crippen LogP contribution in [0.5, 0.6) is 6.01 Å². The minimum atomic E-state index is 0.416. The first-order valence-corrected chi connectivity index (χ1v) is 6.55. The molecule has 0 saturated carbocycles. The van der Waals surface area contributed by atoms with Crippen molar-refractivity contribution in [1.82, 2.24) is 20.1 Å². The first-order chi connectivity index (χ1) is 9.29. The van der Waals surface area contributed by atoms with Gasteiger partial charge < -0.3 is 10.1 Å². The van der Waals surface area contributed by atoms with Crippen molar-refractivity contribution < 1.29 is 4.74 Å². The molecule has 0 spiro atoms. The minimum absolute atomic E-state index is 0.416. The molecule has 0 fully saturated rings. The van der Waals surface area contributed by atoms with E-state index in [2.05, 4.69) is 34.5 Å². The lowest BCUT2D eigenvalue weighted by molar-refractivity contribution is 0.278. The normalized spacial score (nSPS) is 10.6. The maximum absolute atomic E-state index is 5.59. The van der Waals surface area contributed by atoms with E-state index in [1.807, 2.05) is 19.2 Å². The van der Waals surface area contributed by atoms with Crippen molar-refractivity contribution in [2.24, 2.45) is 7.05 Å². The second kappa shape index (κ2) is 6.89. The molecule has 1 aromatic carbocycles. The van der Waals surface area contributed by atoms with Crippen LogP contribution in [0.1, 0.15) is 24.5 Å². The van der Waals surface area contributed by atoms with Crippen LogP contribution >= 0.6 is 0 Å². The van der Waals surface area contributed by atoms with E-state index < -0.39 is 0 Å². The summed E-state index contributed by atoms with van der Waals surface area (Å²) in [6.45, 7) is 4.54. The maximum atomic E-state index is 5.59. The molecule has 0 aliphatic rings. The van der Waals surface area contributed by atoms with Crippen LogP contribution in [0.15, 0.2) is 30.6 Å². The van der Waals surface area contributed by atoms with E-state index in [1.165, 1.54) is 11.1 Å². The lowest BCUT2D eigenvalue weighted by Crippen LogP contribution is -2.15. The molecule has 102 valence electrons. The van der Waals surface area contributed by atoms with Crippen molar-refractivity contribution in [3.8, 4) is 6.01 Å². The Kier molecular flexibility index (Phi) is 4.92.